The normalized spacial score (nSPS) is 11.9. The largest absolute Gasteiger partial charge is 0.353 e. The summed E-state index contributed by atoms with van der Waals surface area (Å²) in [6.07, 6.45) is 1.46. The highest BCUT2D eigenvalue weighted by atomic mass is 32.2. The summed E-state index contributed by atoms with van der Waals surface area (Å²) in [5, 5.41) is 3.34. The van der Waals surface area contributed by atoms with E-state index in [0.29, 0.717) is 24.0 Å². The number of likely N-dealkylation sites (N-methyl/N-ethyl adjacent to an activating group) is 1. The number of para-hydroxylation sites is 1. The second-order valence-electron chi connectivity index (χ2n) is 7.14. The van der Waals surface area contributed by atoms with Crippen LogP contribution < -0.4 is 5.32 Å². The summed E-state index contributed by atoms with van der Waals surface area (Å²) in [5.74, 6) is -1.20. The number of halogens is 1. The molecule has 154 valence electrons. The Labute approximate surface area is 169 Å². The minimum atomic E-state index is -3.80. The molecule has 0 saturated heterocycles. The van der Waals surface area contributed by atoms with Gasteiger partial charge < -0.3 is 14.8 Å². The number of hydrogen-bond acceptors (Lipinski definition) is 4. The maximum atomic E-state index is 14.0. The van der Waals surface area contributed by atoms with E-state index in [4.69, 9.17) is 0 Å². The van der Waals surface area contributed by atoms with Crippen molar-refractivity contribution in [1.82, 2.24) is 14.8 Å². The molecule has 2 aromatic carbocycles. The summed E-state index contributed by atoms with van der Waals surface area (Å²) in [7, 11) is 0.0252. The molecule has 1 amide bonds. The Morgan fingerprint density at radius 3 is 2.52 bits per heavy atom. The van der Waals surface area contributed by atoms with Gasteiger partial charge >= 0.3 is 0 Å². The molecule has 1 N–H and O–H groups in total. The number of aromatic nitrogens is 1. The van der Waals surface area contributed by atoms with Gasteiger partial charge in [0.1, 0.15) is 12.4 Å². The topological polar surface area (TPSA) is 71.4 Å². The fourth-order valence-corrected chi connectivity index (χ4v) is 4.71. The first-order chi connectivity index (χ1) is 13.8. The third-order valence-electron chi connectivity index (χ3n) is 4.59. The molecule has 0 aliphatic heterocycles. The van der Waals surface area contributed by atoms with Gasteiger partial charge in [0.25, 0.3) is 0 Å². The summed E-state index contributed by atoms with van der Waals surface area (Å²) in [4.78, 5) is 14.3. The summed E-state index contributed by atoms with van der Waals surface area (Å²) >= 11 is 0. The van der Waals surface area contributed by atoms with Gasteiger partial charge in [-0.25, -0.2) is 12.8 Å². The molecule has 0 unspecified atom stereocenters. The average molecular weight is 418 g/mol. The first-order valence-corrected chi connectivity index (χ1v) is 10.9. The highest BCUT2D eigenvalue weighted by molar-refractivity contribution is 7.90. The van der Waals surface area contributed by atoms with Crippen LogP contribution >= 0.6 is 0 Å². The van der Waals surface area contributed by atoms with Crippen LogP contribution in [0.5, 0.6) is 0 Å². The molecule has 0 saturated carbocycles. The molecular formula is C21H24FN3O3S. The summed E-state index contributed by atoms with van der Waals surface area (Å²) in [6.45, 7) is 1.22. The number of amides is 1. The van der Waals surface area contributed by atoms with Crippen molar-refractivity contribution in [3.05, 3.63) is 66.1 Å². The fourth-order valence-electron chi connectivity index (χ4n) is 3.12. The second-order valence-corrected chi connectivity index (χ2v) is 9.10. The van der Waals surface area contributed by atoms with Crippen molar-refractivity contribution in [3.63, 3.8) is 0 Å². The van der Waals surface area contributed by atoms with Crippen LogP contribution in [0.1, 0.15) is 5.56 Å². The molecule has 0 aliphatic rings. The molecule has 0 aliphatic carbocycles. The minimum Gasteiger partial charge on any atom is -0.353 e. The number of nitrogens with zero attached hydrogens (tertiary/aromatic N) is 2. The van der Waals surface area contributed by atoms with Crippen molar-refractivity contribution in [2.75, 3.05) is 27.2 Å². The number of benzene rings is 2. The number of sulfone groups is 1. The molecule has 1 heterocycles. The van der Waals surface area contributed by atoms with Crippen molar-refractivity contribution in [2.45, 2.75) is 17.2 Å². The molecule has 0 spiro atoms. The Bertz CT molecular complexity index is 1120. The fraction of sp³-hybridized carbons (Fsp3) is 0.286. The Morgan fingerprint density at radius 2 is 1.79 bits per heavy atom. The predicted molar refractivity (Wildman–Crippen MR) is 111 cm³/mol. The van der Waals surface area contributed by atoms with Crippen LogP contribution in [-0.2, 0) is 26.9 Å². The van der Waals surface area contributed by atoms with E-state index in [1.54, 1.807) is 34.9 Å². The van der Waals surface area contributed by atoms with Crippen LogP contribution in [0.2, 0.25) is 0 Å². The maximum Gasteiger partial charge on any atom is 0.239 e. The molecule has 3 aromatic rings. The number of rotatable bonds is 8. The van der Waals surface area contributed by atoms with E-state index in [9.17, 15) is 17.6 Å². The Hall–Kier alpha value is -2.71. The summed E-state index contributed by atoms with van der Waals surface area (Å²) in [6, 6.07) is 12.8. The predicted octanol–water partition coefficient (Wildman–Crippen LogP) is 2.43. The van der Waals surface area contributed by atoms with Gasteiger partial charge in [0.15, 0.2) is 9.84 Å². The van der Waals surface area contributed by atoms with Gasteiger partial charge in [-0.05, 0) is 26.2 Å². The van der Waals surface area contributed by atoms with Crippen molar-refractivity contribution >= 4 is 26.6 Å². The van der Waals surface area contributed by atoms with E-state index in [2.05, 4.69) is 5.32 Å². The molecule has 0 fully saturated rings. The van der Waals surface area contributed by atoms with E-state index in [0.717, 1.165) is 0 Å². The lowest BCUT2D eigenvalue weighted by atomic mass is 10.2. The number of fused-ring (bicyclic) bond motifs is 1. The second kappa shape index (κ2) is 8.75. The molecule has 8 heteroatoms. The molecule has 6 nitrogen and oxygen atoms in total. The van der Waals surface area contributed by atoms with Crippen molar-refractivity contribution in [1.29, 1.82) is 0 Å². The van der Waals surface area contributed by atoms with Gasteiger partial charge in [-0.3, -0.25) is 4.79 Å². The first-order valence-electron chi connectivity index (χ1n) is 9.23. The zero-order valence-electron chi connectivity index (χ0n) is 16.4. The van der Waals surface area contributed by atoms with Crippen LogP contribution in [0.3, 0.4) is 0 Å². The highest BCUT2D eigenvalue weighted by Crippen LogP contribution is 2.28. The van der Waals surface area contributed by atoms with Crippen molar-refractivity contribution < 1.29 is 17.6 Å². The van der Waals surface area contributed by atoms with E-state index in [1.807, 2.05) is 19.0 Å². The maximum absolute atomic E-state index is 14.0. The molecule has 3 rings (SSSR count). The van der Waals surface area contributed by atoms with E-state index in [1.165, 1.54) is 24.4 Å². The van der Waals surface area contributed by atoms with Crippen LogP contribution in [0.25, 0.3) is 10.9 Å². The molecule has 29 heavy (non-hydrogen) atoms. The average Bonchev–Trinajstić information content (AvgIpc) is 3.03. The lowest BCUT2D eigenvalue weighted by Gasteiger charge is -2.11. The molecule has 0 radical (unpaired) electrons. The van der Waals surface area contributed by atoms with Crippen LogP contribution in [0, 0.1) is 5.82 Å². The zero-order chi connectivity index (χ0) is 21.0. The van der Waals surface area contributed by atoms with Crippen molar-refractivity contribution in [3.8, 4) is 0 Å². The Kier molecular flexibility index (Phi) is 6.34. The number of carbonyl (C=O) groups excluding carboxylic acids is 1. The van der Waals surface area contributed by atoms with Crippen LogP contribution in [-0.4, -0.2) is 51.0 Å². The Morgan fingerprint density at radius 1 is 1.10 bits per heavy atom. The first kappa shape index (κ1) is 21.0. The number of carbonyl (C=O) groups is 1. The van der Waals surface area contributed by atoms with Gasteiger partial charge in [-0.1, -0.05) is 36.4 Å². The smallest absolute Gasteiger partial charge is 0.239 e. The van der Waals surface area contributed by atoms with Gasteiger partial charge in [0.2, 0.25) is 5.91 Å². The molecule has 1 aromatic heterocycles. The van der Waals surface area contributed by atoms with Crippen LogP contribution in [0.15, 0.2) is 59.6 Å². The SMILES string of the molecule is CN(C)CCNC(=O)Cn1cc(S(=O)(=O)Cc2ccccc2F)c2ccccc21. The highest BCUT2D eigenvalue weighted by Gasteiger charge is 2.23. The third-order valence-corrected chi connectivity index (χ3v) is 6.27. The van der Waals surface area contributed by atoms with Crippen molar-refractivity contribution in [2.24, 2.45) is 0 Å². The van der Waals surface area contributed by atoms with E-state index in [-0.39, 0.29) is 22.9 Å². The standard InChI is InChI=1S/C21H24FN3O3S/c1-24(2)12-11-23-21(26)14-25-13-20(17-8-4-6-10-19(17)25)29(27,28)15-16-7-3-5-9-18(16)22/h3-10,13H,11-12,14-15H2,1-2H3,(H,23,26). The number of hydrogen-bond donors (Lipinski definition) is 1. The quantitative estimate of drug-likeness (QED) is 0.611. The zero-order valence-corrected chi connectivity index (χ0v) is 17.2. The van der Waals surface area contributed by atoms with Crippen LogP contribution in [0.4, 0.5) is 4.39 Å². The Balaban J connectivity index is 1.89. The minimum absolute atomic E-state index is 0.00313. The third kappa shape index (κ3) is 5.02. The summed E-state index contributed by atoms with van der Waals surface area (Å²) < 4.78 is 41.7. The molecule has 0 bridgehead atoms. The van der Waals surface area contributed by atoms with Gasteiger partial charge in [-0.2, -0.15) is 0 Å². The van der Waals surface area contributed by atoms with E-state index >= 15 is 0 Å². The van der Waals surface area contributed by atoms with Gasteiger partial charge in [0.05, 0.1) is 10.6 Å². The van der Waals surface area contributed by atoms with Gasteiger partial charge in [-0.15, -0.1) is 0 Å². The lowest BCUT2D eigenvalue weighted by molar-refractivity contribution is -0.121. The molecular weight excluding hydrogens is 393 g/mol. The summed E-state index contributed by atoms with van der Waals surface area (Å²) in [5.41, 5.74) is 0.758. The number of nitrogens with one attached hydrogen (secondary N) is 1. The lowest BCUT2D eigenvalue weighted by Crippen LogP contribution is -2.33. The van der Waals surface area contributed by atoms with E-state index < -0.39 is 21.4 Å². The van der Waals surface area contributed by atoms with Gasteiger partial charge in [0, 0.05) is 35.8 Å². The molecule has 0 atom stereocenters. The monoisotopic (exact) mass is 417 g/mol.